The summed E-state index contributed by atoms with van der Waals surface area (Å²) in [5, 5.41) is 17.9. The lowest BCUT2D eigenvalue weighted by Gasteiger charge is -2.03. The summed E-state index contributed by atoms with van der Waals surface area (Å²) in [5.74, 6) is -0.205. The zero-order valence-electron chi connectivity index (χ0n) is 12.3. The van der Waals surface area contributed by atoms with Gasteiger partial charge in [0, 0.05) is 17.5 Å². The van der Waals surface area contributed by atoms with Gasteiger partial charge in [0.05, 0.1) is 11.4 Å². The average Bonchev–Trinajstić information content (AvgIpc) is 2.86. The van der Waals surface area contributed by atoms with Gasteiger partial charge in [0.1, 0.15) is 0 Å². The van der Waals surface area contributed by atoms with Gasteiger partial charge in [-0.1, -0.05) is 24.3 Å². The molecule has 0 heterocycles. The van der Waals surface area contributed by atoms with Crippen LogP contribution in [0.5, 0.6) is 0 Å². The van der Waals surface area contributed by atoms with Crippen LogP contribution in [-0.4, -0.2) is 23.3 Å². The van der Waals surface area contributed by atoms with E-state index in [4.69, 9.17) is 22.9 Å². The fraction of sp³-hybridized carbons (Fsp3) is 0.0667. The van der Waals surface area contributed by atoms with Crippen molar-refractivity contribution in [3.63, 3.8) is 0 Å². The number of guanidine groups is 2. The Kier molecular flexibility index (Phi) is 3.63. The van der Waals surface area contributed by atoms with E-state index < -0.39 is 0 Å². The lowest BCUT2D eigenvalue weighted by atomic mass is 10.0. The summed E-state index contributed by atoms with van der Waals surface area (Å²) >= 11 is 0. The van der Waals surface area contributed by atoms with Crippen LogP contribution in [0.25, 0.3) is 10.8 Å². The summed E-state index contributed by atoms with van der Waals surface area (Å²) in [6.45, 7) is 0. The van der Waals surface area contributed by atoms with E-state index in [1.54, 1.807) is 0 Å². The summed E-state index contributed by atoms with van der Waals surface area (Å²) in [6, 6.07) is 12.1. The van der Waals surface area contributed by atoms with Gasteiger partial charge in [0.25, 0.3) is 0 Å². The van der Waals surface area contributed by atoms with Gasteiger partial charge < -0.3 is 22.9 Å². The maximum Gasteiger partial charge on any atom is 0.211 e. The predicted molar refractivity (Wildman–Crippen MR) is 93.3 cm³/mol. The van der Waals surface area contributed by atoms with Crippen molar-refractivity contribution >= 4 is 34.1 Å². The summed E-state index contributed by atoms with van der Waals surface area (Å²) in [7, 11) is 0. The van der Waals surface area contributed by atoms with E-state index in [9.17, 15) is 0 Å². The molecule has 0 saturated heterocycles. The van der Waals surface area contributed by atoms with Crippen LogP contribution in [-0.2, 0) is 0 Å². The monoisotopic (exact) mass is 308 g/mol. The molecule has 0 radical (unpaired) electrons. The van der Waals surface area contributed by atoms with Crippen LogP contribution >= 0.6 is 0 Å². The molecule has 0 atom stereocenters. The highest BCUT2D eigenvalue weighted by atomic mass is 15.3. The first kappa shape index (κ1) is 14.5. The Bertz CT molecular complexity index is 811. The number of nitrogens with two attached hydrogens (primary N) is 4. The molecular weight excluding hydrogens is 292 g/mol. The van der Waals surface area contributed by atoms with Gasteiger partial charge >= 0.3 is 0 Å². The molecular formula is C15H16N8. The third-order valence-corrected chi connectivity index (χ3v) is 3.41. The molecule has 0 spiro atoms. The molecule has 8 heteroatoms. The fourth-order valence-corrected chi connectivity index (χ4v) is 2.48. The first-order chi connectivity index (χ1) is 11.0. The third kappa shape index (κ3) is 2.95. The van der Waals surface area contributed by atoms with Crippen molar-refractivity contribution in [3.8, 4) is 0 Å². The van der Waals surface area contributed by atoms with E-state index in [1.807, 2.05) is 36.4 Å². The first-order valence-electron chi connectivity index (χ1n) is 6.89. The molecule has 8 N–H and O–H groups in total. The number of nitrogens with zero attached hydrogens (tertiary/aromatic N) is 4. The van der Waals surface area contributed by atoms with Crippen molar-refractivity contribution in [2.75, 3.05) is 0 Å². The minimum atomic E-state index is -0.102. The molecule has 23 heavy (non-hydrogen) atoms. The molecule has 0 aromatic heterocycles. The third-order valence-electron chi connectivity index (χ3n) is 3.41. The Morgan fingerprint density at radius 3 is 1.57 bits per heavy atom. The van der Waals surface area contributed by atoms with Crippen molar-refractivity contribution in [1.29, 1.82) is 0 Å². The number of hydrogen-bond acceptors (Lipinski definition) is 4. The molecule has 116 valence electrons. The smallest absolute Gasteiger partial charge is 0.211 e. The second-order valence-corrected chi connectivity index (χ2v) is 5.06. The van der Waals surface area contributed by atoms with Crippen LogP contribution in [0.15, 0.2) is 56.8 Å². The van der Waals surface area contributed by atoms with E-state index in [0.29, 0.717) is 17.8 Å². The highest BCUT2D eigenvalue weighted by Gasteiger charge is 2.25. The minimum Gasteiger partial charge on any atom is -0.369 e. The molecule has 1 aliphatic rings. The van der Waals surface area contributed by atoms with Crippen molar-refractivity contribution in [2.45, 2.75) is 6.42 Å². The Labute approximate surface area is 132 Å². The standard InChI is InChI=1S/C15H16N8/c16-14(17)22-20-12-7-13(21-23-15(18)19)11-6-9-4-2-1-3-8(9)5-10(11)12/h1-6H,7H2,(H4,16,17,22)(H4,18,19,23)/b20-12+,21-13+. The number of rotatable bonds is 2. The molecule has 0 amide bonds. The maximum absolute atomic E-state index is 5.35. The molecule has 0 saturated carbocycles. The zero-order chi connectivity index (χ0) is 16.4. The van der Waals surface area contributed by atoms with Crippen molar-refractivity contribution in [1.82, 2.24) is 0 Å². The van der Waals surface area contributed by atoms with Crippen LogP contribution in [0.2, 0.25) is 0 Å². The molecule has 2 aromatic carbocycles. The van der Waals surface area contributed by atoms with Crippen LogP contribution in [0.1, 0.15) is 17.5 Å². The topological polar surface area (TPSA) is 154 Å². The van der Waals surface area contributed by atoms with E-state index in [0.717, 1.165) is 21.9 Å². The normalized spacial score (nSPS) is 16.5. The molecule has 0 fully saturated rings. The molecule has 0 aliphatic heterocycles. The lowest BCUT2D eigenvalue weighted by molar-refractivity contribution is 1.18. The molecule has 0 bridgehead atoms. The number of benzene rings is 2. The largest absolute Gasteiger partial charge is 0.369 e. The molecule has 3 rings (SSSR count). The zero-order valence-corrected chi connectivity index (χ0v) is 12.3. The van der Waals surface area contributed by atoms with Crippen molar-refractivity contribution in [2.24, 2.45) is 43.3 Å². The Morgan fingerprint density at radius 2 is 1.17 bits per heavy atom. The maximum atomic E-state index is 5.35. The quantitative estimate of drug-likeness (QED) is 0.355. The van der Waals surface area contributed by atoms with Gasteiger partial charge in [0.15, 0.2) is 0 Å². The van der Waals surface area contributed by atoms with Crippen LogP contribution in [0, 0.1) is 0 Å². The summed E-state index contributed by atoms with van der Waals surface area (Å²) < 4.78 is 0. The second kappa shape index (κ2) is 5.76. The van der Waals surface area contributed by atoms with Crippen molar-refractivity contribution < 1.29 is 0 Å². The van der Waals surface area contributed by atoms with Gasteiger partial charge in [-0.25, -0.2) is 0 Å². The second-order valence-electron chi connectivity index (χ2n) is 5.06. The Hall–Kier alpha value is -3.42. The highest BCUT2D eigenvalue weighted by molar-refractivity contribution is 6.29. The van der Waals surface area contributed by atoms with E-state index in [2.05, 4.69) is 20.4 Å². The van der Waals surface area contributed by atoms with Gasteiger partial charge in [-0.05, 0) is 22.9 Å². The van der Waals surface area contributed by atoms with Crippen molar-refractivity contribution in [3.05, 3.63) is 47.5 Å². The minimum absolute atomic E-state index is 0.102. The SMILES string of the molecule is NC(N)=N/N=C1\C/C(=N\N=C(N)N)c2cc3ccccc3cc21. The van der Waals surface area contributed by atoms with Gasteiger partial charge in [-0.3, -0.25) is 0 Å². The van der Waals surface area contributed by atoms with Crippen LogP contribution in [0.3, 0.4) is 0 Å². The summed E-state index contributed by atoms with van der Waals surface area (Å²) in [6.07, 6.45) is 0.444. The summed E-state index contributed by atoms with van der Waals surface area (Å²) in [4.78, 5) is 0. The average molecular weight is 308 g/mol. The van der Waals surface area contributed by atoms with Gasteiger partial charge in [-0.2, -0.15) is 10.2 Å². The van der Waals surface area contributed by atoms with Crippen LogP contribution in [0.4, 0.5) is 0 Å². The molecule has 0 unspecified atom stereocenters. The first-order valence-corrected chi connectivity index (χ1v) is 6.89. The van der Waals surface area contributed by atoms with Gasteiger partial charge in [0.2, 0.25) is 11.9 Å². The molecule has 8 nitrogen and oxygen atoms in total. The Morgan fingerprint density at radius 1 is 0.739 bits per heavy atom. The summed E-state index contributed by atoms with van der Waals surface area (Å²) in [5.41, 5.74) is 24.7. The number of hydrogen-bond donors (Lipinski definition) is 4. The molecule has 1 aliphatic carbocycles. The van der Waals surface area contributed by atoms with E-state index in [-0.39, 0.29) is 11.9 Å². The number of fused-ring (bicyclic) bond motifs is 2. The lowest BCUT2D eigenvalue weighted by Crippen LogP contribution is -2.22. The predicted octanol–water partition coefficient (Wildman–Crippen LogP) is 0.199. The molecule has 2 aromatic rings. The van der Waals surface area contributed by atoms with Gasteiger partial charge in [-0.15, -0.1) is 10.2 Å². The van der Waals surface area contributed by atoms with E-state index >= 15 is 0 Å². The van der Waals surface area contributed by atoms with E-state index in [1.165, 1.54) is 0 Å². The highest BCUT2D eigenvalue weighted by Crippen LogP contribution is 2.28. The Balaban J connectivity index is 2.20. The fourth-order valence-electron chi connectivity index (χ4n) is 2.48. The van der Waals surface area contributed by atoms with Crippen LogP contribution < -0.4 is 22.9 Å².